The molecule has 0 spiro atoms. The van der Waals surface area contributed by atoms with E-state index < -0.39 is 9.28 Å². The van der Waals surface area contributed by atoms with E-state index in [1.165, 1.54) is 0 Å². The van der Waals surface area contributed by atoms with Gasteiger partial charge in [-0.15, -0.1) is 0 Å². The van der Waals surface area contributed by atoms with Gasteiger partial charge in [0.15, 0.2) is 0 Å². The Hall–Kier alpha value is -0.643. The first kappa shape index (κ1) is 7.46. The Bertz CT molecular complexity index is 223. The van der Waals surface area contributed by atoms with Crippen molar-refractivity contribution in [1.82, 2.24) is 0 Å². The fraction of sp³-hybridized carbons (Fsp3) is 0.143. The van der Waals surface area contributed by atoms with E-state index in [9.17, 15) is 0 Å². The second-order valence-corrected chi connectivity index (χ2v) is 3.32. The Balaban J connectivity index is 3.03. The van der Waals surface area contributed by atoms with Crippen molar-refractivity contribution in [3.05, 3.63) is 29.8 Å². The third-order valence-corrected chi connectivity index (χ3v) is 2.43. The van der Waals surface area contributed by atoms with Crippen molar-refractivity contribution in [3.63, 3.8) is 0 Å². The Morgan fingerprint density at radius 3 is 2.20 bits per heavy atom. The molecular weight excluding hydrogens is 144 g/mol. The van der Waals surface area contributed by atoms with Crippen LogP contribution in [0.25, 0.3) is 0 Å². The van der Waals surface area contributed by atoms with E-state index in [1.54, 1.807) is 12.1 Å². The summed E-state index contributed by atoms with van der Waals surface area (Å²) in [6.45, 7) is 1.87. The van der Waals surface area contributed by atoms with Crippen molar-refractivity contribution in [1.29, 1.82) is 0 Å². The van der Waals surface area contributed by atoms with Crippen LogP contribution in [-0.4, -0.2) is 18.9 Å². The zero-order chi connectivity index (χ0) is 7.56. The lowest BCUT2D eigenvalue weighted by atomic mass is 10.2. The van der Waals surface area contributed by atoms with Crippen LogP contribution in [0.5, 0.6) is 0 Å². The lowest BCUT2D eigenvalue weighted by Crippen LogP contribution is -2.31. The van der Waals surface area contributed by atoms with Gasteiger partial charge in [-0.05, 0) is 17.7 Å². The van der Waals surface area contributed by atoms with Gasteiger partial charge in [-0.1, -0.05) is 24.3 Å². The molecule has 0 aromatic heterocycles. The van der Waals surface area contributed by atoms with E-state index in [-0.39, 0.29) is 0 Å². The number of hydrogen-bond donors (Lipinski definition) is 2. The molecule has 0 heterocycles. The topological polar surface area (TPSA) is 40.5 Å². The number of benzene rings is 1. The normalized spacial score (nSPS) is 10.4. The smallest absolute Gasteiger partial charge is 0.406 e. The van der Waals surface area contributed by atoms with Crippen LogP contribution in [0.3, 0.4) is 0 Å². The molecule has 2 N–H and O–H groups in total. The summed E-state index contributed by atoms with van der Waals surface area (Å²) >= 11 is 0. The monoisotopic (exact) mass is 153 g/mol. The van der Waals surface area contributed by atoms with Crippen molar-refractivity contribution >= 4 is 14.5 Å². The van der Waals surface area contributed by atoms with Crippen LogP contribution in [0.4, 0.5) is 0 Å². The van der Waals surface area contributed by atoms with Crippen molar-refractivity contribution in [2.75, 3.05) is 0 Å². The van der Waals surface area contributed by atoms with E-state index in [0.29, 0.717) is 5.19 Å². The third-order valence-electron chi connectivity index (χ3n) is 1.39. The molecule has 0 atom stereocenters. The first-order chi connectivity index (χ1) is 4.72. The summed E-state index contributed by atoms with van der Waals surface area (Å²) in [4.78, 5) is 17.7. The highest BCUT2D eigenvalue weighted by atomic mass is 28.3. The van der Waals surface area contributed by atoms with Gasteiger partial charge in [0.2, 0.25) is 0 Å². The standard InChI is InChI=1S/C7H9O2Si/c1-6-4-2-3-5-7(6)10(8)9/h2-5,8-9H,1H3. The molecule has 1 aromatic carbocycles. The highest BCUT2D eigenvalue weighted by Crippen LogP contribution is 1.92. The molecule has 53 valence electrons. The molecule has 0 fully saturated rings. The maximum Gasteiger partial charge on any atom is 0.418 e. The highest BCUT2D eigenvalue weighted by Gasteiger charge is 2.09. The van der Waals surface area contributed by atoms with Gasteiger partial charge in [-0.2, -0.15) is 0 Å². The lowest BCUT2D eigenvalue weighted by Gasteiger charge is -2.01. The number of hydrogen-bond acceptors (Lipinski definition) is 2. The predicted molar refractivity (Wildman–Crippen MR) is 41.0 cm³/mol. The van der Waals surface area contributed by atoms with Crippen LogP contribution < -0.4 is 5.19 Å². The fourth-order valence-corrected chi connectivity index (χ4v) is 1.51. The molecule has 0 aliphatic heterocycles. The maximum atomic E-state index is 8.86. The molecule has 1 radical (unpaired) electrons. The molecule has 0 unspecified atom stereocenters. The minimum absolute atomic E-state index is 0.674. The van der Waals surface area contributed by atoms with Crippen molar-refractivity contribution in [3.8, 4) is 0 Å². The minimum atomic E-state index is -2.24. The largest absolute Gasteiger partial charge is 0.418 e. The fourth-order valence-electron chi connectivity index (χ4n) is 0.824. The molecule has 0 saturated carbocycles. The third kappa shape index (κ3) is 1.44. The van der Waals surface area contributed by atoms with E-state index in [2.05, 4.69) is 0 Å². The van der Waals surface area contributed by atoms with Crippen molar-refractivity contribution in [2.45, 2.75) is 6.92 Å². The summed E-state index contributed by atoms with van der Waals surface area (Å²) in [6.07, 6.45) is 0. The summed E-state index contributed by atoms with van der Waals surface area (Å²) < 4.78 is 0. The molecule has 0 amide bonds. The molecule has 0 bridgehead atoms. The molecule has 0 aliphatic rings. The highest BCUT2D eigenvalue weighted by molar-refractivity contribution is 6.59. The van der Waals surface area contributed by atoms with Gasteiger partial charge in [0.25, 0.3) is 0 Å². The minimum Gasteiger partial charge on any atom is -0.406 e. The first-order valence-corrected chi connectivity index (χ1v) is 4.42. The molecule has 2 nitrogen and oxygen atoms in total. The summed E-state index contributed by atoms with van der Waals surface area (Å²) in [6, 6.07) is 7.29. The van der Waals surface area contributed by atoms with Gasteiger partial charge in [-0.25, -0.2) is 0 Å². The van der Waals surface area contributed by atoms with Crippen molar-refractivity contribution in [2.24, 2.45) is 0 Å². The first-order valence-electron chi connectivity index (χ1n) is 3.02. The van der Waals surface area contributed by atoms with Gasteiger partial charge >= 0.3 is 9.28 Å². The SMILES string of the molecule is Cc1ccccc1[Si](O)O. The molecule has 10 heavy (non-hydrogen) atoms. The zero-order valence-corrected chi connectivity index (χ0v) is 6.70. The second kappa shape index (κ2) is 2.96. The Labute approximate surface area is 61.6 Å². The van der Waals surface area contributed by atoms with E-state index in [0.717, 1.165) is 5.56 Å². The van der Waals surface area contributed by atoms with Crippen LogP contribution in [0.2, 0.25) is 0 Å². The average molecular weight is 153 g/mol. The van der Waals surface area contributed by atoms with Gasteiger partial charge in [-0.3, -0.25) is 0 Å². The van der Waals surface area contributed by atoms with Crippen LogP contribution in [0.15, 0.2) is 24.3 Å². The number of rotatable bonds is 1. The van der Waals surface area contributed by atoms with Crippen LogP contribution in [0, 0.1) is 6.92 Å². The Morgan fingerprint density at radius 1 is 1.20 bits per heavy atom. The van der Waals surface area contributed by atoms with Gasteiger partial charge in [0.05, 0.1) is 0 Å². The van der Waals surface area contributed by atoms with E-state index in [4.69, 9.17) is 9.59 Å². The lowest BCUT2D eigenvalue weighted by molar-refractivity contribution is 0.425. The average Bonchev–Trinajstić information content (AvgIpc) is 1.88. The maximum absolute atomic E-state index is 8.86. The Kier molecular flexibility index (Phi) is 2.21. The van der Waals surface area contributed by atoms with Crippen molar-refractivity contribution < 1.29 is 9.59 Å². The zero-order valence-electron chi connectivity index (χ0n) is 5.70. The van der Waals surface area contributed by atoms with Crippen LogP contribution >= 0.6 is 0 Å². The molecule has 1 rings (SSSR count). The van der Waals surface area contributed by atoms with Gasteiger partial charge in [0, 0.05) is 0 Å². The summed E-state index contributed by atoms with van der Waals surface area (Å²) in [5.74, 6) is 0. The van der Waals surface area contributed by atoms with E-state index in [1.807, 2.05) is 19.1 Å². The quantitative estimate of drug-likeness (QED) is 0.543. The second-order valence-electron chi connectivity index (χ2n) is 2.14. The predicted octanol–water partition coefficient (Wildman–Crippen LogP) is -0.325. The molecule has 1 aromatic rings. The Morgan fingerprint density at radius 2 is 1.80 bits per heavy atom. The van der Waals surface area contributed by atoms with Gasteiger partial charge in [0.1, 0.15) is 0 Å². The molecule has 3 heteroatoms. The van der Waals surface area contributed by atoms with Gasteiger partial charge < -0.3 is 9.59 Å². The molecule has 0 saturated heterocycles. The summed E-state index contributed by atoms with van der Waals surface area (Å²) in [5.41, 5.74) is 0.946. The van der Waals surface area contributed by atoms with E-state index >= 15 is 0 Å². The summed E-state index contributed by atoms with van der Waals surface area (Å²) in [5, 5.41) is 0.674. The van der Waals surface area contributed by atoms with Crippen LogP contribution in [0.1, 0.15) is 5.56 Å². The number of aryl methyl sites for hydroxylation is 1. The van der Waals surface area contributed by atoms with Crippen LogP contribution in [-0.2, 0) is 0 Å². The molecule has 0 aliphatic carbocycles. The summed E-state index contributed by atoms with van der Waals surface area (Å²) in [7, 11) is -2.24. The molecular formula is C7H9O2Si.